The molecule has 19 heavy (non-hydrogen) atoms. The van der Waals surface area contributed by atoms with E-state index in [1.165, 1.54) is 18.2 Å². The van der Waals surface area contributed by atoms with Gasteiger partial charge >= 0.3 is 0 Å². The highest BCUT2D eigenvalue weighted by molar-refractivity contribution is 5.82. The molecule has 1 aliphatic heterocycles. The van der Waals surface area contributed by atoms with Gasteiger partial charge in [0.1, 0.15) is 5.82 Å². The molecule has 2 rings (SSSR count). The van der Waals surface area contributed by atoms with Crippen molar-refractivity contribution in [1.82, 2.24) is 10.2 Å². The van der Waals surface area contributed by atoms with Gasteiger partial charge in [-0.05, 0) is 30.2 Å². The molecule has 1 amide bonds. The molecule has 1 N–H and O–H groups in total. The maximum Gasteiger partial charge on any atom is 0.237 e. The van der Waals surface area contributed by atoms with Gasteiger partial charge in [-0.15, -0.1) is 0 Å². The highest BCUT2D eigenvalue weighted by Crippen LogP contribution is 2.17. The molecule has 1 aromatic rings. The molecule has 1 atom stereocenters. The van der Waals surface area contributed by atoms with Gasteiger partial charge in [-0.3, -0.25) is 9.69 Å². The SMILES string of the molecule is CCC1C(=O)NCCN1Cc1cc(F)ccc1C#N. The summed E-state index contributed by atoms with van der Waals surface area (Å²) in [6.45, 7) is 3.67. The van der Waals surface area contributed by atoms with E-state index in [1.54, 1.807) is 0 Å². The van der Waals surface area contributed by atoms with Crippen LogP contribution in [0.5, 0.6) is 0 Å². The summed E-state index contributed by atoms with van der Waals surface area (Å²) in [7, 11) is 0. The fraction of sp³-hybridized carbons (Fsp3) is 0.429. The minimum Gasteiger partial charge on any atom is -0.353 e. The van der Waals surface area contributed by atoms with Crippen LogP contribution in [0.1, 0.15) is 24.5 Å². The van der Waals surface area contributed by atoms with Crippen LogP contribution in [0.3, 0.4) is 0 Å². The van der Waals surface area contributed by atoms with Crippen molar-refractivity contribution in [1.29, 1.82) is 5.26 Å². The first-order valence-corrected chi connectivity index (χ1v) is 6.36. The standard InChI is InChI=1S/C14H16FN3O/c1-2-13-14(19)17-5-6-18(13)9-11-7-12(15)4-3-10(11)8-16/h3-4,7,13H,2,5-6,9H2,1H3,(H,17,19). The molecule has 1 unspecified atom stereocenters. The molecule has 0 aromatic heterocycles. The van der Waals surface area contributed by atoms with Crippen LogP contribution in [-0.2, 0) is 11.3 Å². The van der Waals surface area contributed by atoms with Gasteiger partial charge in [0.15, 0.2) is 0 Å². The third-order valence-electron chi connectivity index (χ3n) is 3.39. The maximum absolute atomic E-state index is 13.3. The van der Waals surface area contributed by atoms with Crippen molar-refractivity contribution < 1.29 is 9.18 Å². The molecule has 0 aliphatic carbocycles. The largest absolute Gasteiger partial charge is 0.353 e. The summed E-state index contributed by atoms with van der Waals surface area (Å²) in [6.07, 6.45) is 0.697. The number of benzene rings is 1. The number of nitrogens with one attached hydrogen (secondary N) is 1. The molecule has 4 nitrogen and oxygen atoms in total. The Labute approximate surface area is 111 Å². The number of rotatable bonds is 3. The normalized spacial score (nSPS) is 19.8. The minimum atomic E-state index is -0.358. The van der Waals surface area contributed by atoms with Crippen molar-refractivity contribution in [2.45, 2.75) is 25.9 Å². The lowest BCUT2D eigenvalue weighted by molar-refractivity contribution is -0.129. The van der Waals surface area contributed by atoms with E-state index in [0.717, 1.165) is 0 Å². The number of hydrogen-bond acceptors (Lipinski definition) is 3. The van der Waals surface area contributed by atoms with Gasteiger partial charge in [0, 0.05) is 19.6 Å². The Morgan fingerprint density at radius 1 is 1.58 bits per heavy atom. The second-order valence-electron chi connectivity index (χ2n) is 4.60. The van der Waals surface area contributed by atoms with Crippen molar-refractivity contribution in [3.8, 4) is 6.07 Å². The van der Waals surface area contributed by atoms with E-state index in [2.05, 4.69) is 11.4 Å². The number of nitriles is 1. The molecule has 1 aromatic carbocycles. The van der Waals surface area contributed by atoms with Crippen molar-refractivity contribution in [3.63, 3.8) is 0 Å². The molecule has 1 saturated heterocycles. The highest BCUT2D eigenvalue weighted by Gasteiger charge is 2.28. The van der Waals surface area contributed by atoms with E-state index >= 15 is 0 Å². The van der Waals surface area contributed by atoms with Crippen LogP contribution in [0.4, 0.5) is 4.39 Å². The van der Waals surface area contributed by atoms with Crippen molar-refractivity contribution in [2.75, 3.05) is 13.1 Å². The smallest absolute Gasteiger partial charge is 0.237 e. The van der Waals surface area contributed by atoms with Gasteiger partial charge in [0.25, 0.3) is 0 Å². The van der Waals surface area contributed by atoms with Gasteiger partial charge < -0.3 is 5.32 Å². The molecule has 0 spiro atoms. The number of halogens is 1. The first-order chi connectivity index (χ1) is 9.15. The van der Waals surface area contributed by atoms with Crippen LogP contribution in [-0.4, -0.2) is 29.9 Å². The monoisotopic (exact) mass is 261 g/mol. The molecular formula is C14H16FN3O. The zero-order valence-electron chi connectivity index (χ0n) is 10.8. The average molecular weight is 261 g/mol. The Hall–Kier alpha value is -1.93. The van der Waals surface area contributed by atoms with Crippen LogP contribution in [0.2, 0.25) is 0 Å². The number of nitrogens with zero attached hydrogens (tertiary/aromatic N) is 2. The van der Waals surface area contributed by atoms with Gasteiger partial charge in [0.2, 0.25) is 5.91 Å². The molecule has 1 heterocycles. The summed E-state index contributed by atoms with van der Waals surface area (Å²) < 4.78 is 13.3. The molecule has 0 saturated carbocycles. The third-order valence-corrected chi connectivity index (χ3v) is 3.39. The van der Waals surface area contributed by atoms with Crippen LogP contribution >= 0.6 is 0 Å². The van der Waals surface area contributed by atoms with Crippen LogP contribution < -0.4 is 5.32 Å². The Bertz CT molecular complexity index is 524. The zero-order chi connectivity index (χ0) is 13.8. The zero-order valence-corrected chi connectivity index (χ0v) is 10.8. The fourth-order valence-electron chi connectivity index (χ4n) is 2.42. The Kier molecular flexibility index (Phi) is 4.13. The van der Waals surface area contributed by atoms with Crippen molar-refractivity contribution in [3.05, 3.63) is 35.1 Å². The molecule has 1 fully saturated rings. The van der Waals surface area contributed by atoms with E-state index in [0.29, 0.717) is 37.2 Å². The summed E-state index contributed by atoms with van der Waals surface area (Å²) >= 11 is 0. The van der Waals surface area contributed by atoms with Crippen LogP contribution in [0.25, 0.3) is 0 Å². The number of hydrogen-bond donors (Lipinski definition) is 1. The van der Waals surface area contributed by atoms with Crippen molar-refractivity contribution >= 4 is 5.91 Å². The number of piperazine rings is 1. The number of amides is 1. The predicted octanol–water partition coefficient (Wildman–Crippen LogP) is 1.41. The Morgan fingerprint density at radius 3 is 3.05 bits per heavy atom. The van der Waals surface area contributed by atoms with Gasteiger partial charge in [0.05, 0.1) is 17.7 Å². The molecule has 0 radical (unpaired) electrons. The molecular weight excluding hydrogens is 245 g/mol. The lowest BCUT2D eigenvalue weighted by Gasteiger charge is -2.34. The van der Waals surface area contributed by atoms with Crippen LogP contribution in [0.15, 0.2) is 18.2 Å². The third kappa shape index (κ3) is 2.91. The lowest BCUT2D eigenvalue weighted by Crippen LogP contribution is -2.54. The van der Waals surface area contributed by atoms with Crippen LogP contribution in [0, 0.1) is 17.1 Å². The Balaban J connectivity index is 2.22. The minimum absolute atomic E-state index is 0.00339. The highest BCUT2D eigenvalue weighted by atomic mass is 19.1. The average Bonchev–Trinajstić information content (AvgIpc) is 2.39. The van der Waals surface area contributed by atoms with Crippen molar-refractivity contribution in [2.24, 2.45) is 0 Å². The lowest BCUT2D eigenvalue weighted by atomic mass is 10.0. The first kappa shape index (κ1) is 13.5. The van der Waals surface area contributed by atoms with E-state index < -0.39 is 0 Å². The Morgan fingerprint density at radius 2 is 2.37 bits per heavy atom. The van der Waals surface area contributed by atoms with E-state index in [9.17, 15) is 9.18 Å². The summed E-state index contributed by atoms with van der Waals surface area (Å²) in [5.41, 5.74) is 1.10. The topological polar surface area (TPSA) is 56.1 Å². The number of carbonyl (C=O) groups is 1. The van der Waals surface area contributed by atoms with Gasteiger partial charge in [-0.2, -0.15) is 5.26 Å². The van der Waals surface area contributed by atoms with E-state index in [1.807, 2.05) is 11.8 Å². The fourth-order valence-corrected chi connectivity index (χ4v) is 2.42. The number of carbonyl (C=O) groups excluding carboxylic acids is 1. The van der Waals surface area contributed by atoms with E-state index in [4.69, 9.17) is 5.26 Å². The molecule has 5 heteroatoms. The second kappa shape index (κ2) is 5.81. The van der Waals surface area contributed by atoms with E-state index in [-0.39, 0.29) is 17.8 Å². The second-order valence-corrected chi connectivity index (χ2v) is 4.60. The summed E-state index contributed by atoms with van der Waals surface area (Å²) in [4.78, 5) is 13.7. The molecule has 100 valence electrons. The summed E-state index contributed by atoms with van der Waals surface area (Å²) in [5.74, 6) is -0.354. The molecule has 1 aliphatic rings. The van der Waals surface area contributed by atoms with Gasteiger partial charge in [-0.25, -0.2) is 4.39 Å². The summed E-state index contributed by atoms with van der Waals surface area (Å²) in [5, 5.41) is 11.9. The molecule has 0 bridgehead atoms. The predicted molar refractivity (Wildman–Crippen MR) is 68.6 cm³/mol. The first-order valence-electron chi connectivity index (χ1n) is 6.36. The quantitative estimate of drug-likeness (QED) is 0.895. The van der Waals surface area contributed by atoms with Gasteiger partial charge in [-0.1, -0.05) is 6.92 Å². The summed E-state index contributed by atoms with van der Waals surface area (Å²) in [6, 6.07) is 5.99. The maximum atomic E-state index is 13.3.